The molecule has 1 fully saturated rings. The average Bonchev–Trinajstić information content (AvgIpc) is 2.87. The van der Waals surface area contributed by atoms with E-state index in [1.165, 1.54) is 6.92 Å². The molecule has 2 aromatic rings. The van der Waals surface area contributed by atoms with E-state index in [1.54, 1.807) is 0 Å². The summed E-state index contributed by atoms with van der Waals surface area (Å²) in [5.41, 5.74) is 3.13. The van der Waals surface area contributed by atoms with Gasteiger partial charge in [0.1, 0.15) is 5.75 Å². The molecule has 0 amide bonds. The minimum absolute atomic E-state index is 0.222. The molecule has 6 nitrogen and oxygen atoms in total. The van der Waals surface area contributed by atoms with Gasteiger partial charge in [-0.15, -0.1) is 0 Å². The van der Waals surface area contributed by atoms with E-state index in [9.17, 15) is 9.59 Å². The fraction of sp³-hybridized carbons (Fsp3) is 0.524. The molecule has 1 aliphatic rings. The number of hydrogen-bond acceptors (Lipinski definition) is 5. The molecule has 0 spiro atoms. The lowest BCUT2D eigenvalue weighted by Gasteiger charge is -2.31. The Balaban J connectivity index is 2.07. The van der Waals surface area contributed by atoms with Crippen molar-refractivity contribution in [3.63, 3.8) is 0 Å². The van der Waals surface area contributed by atoms with Crippen LogP contribution in [-0.4, -0.2) is 48.1 Å². The zero-order valence-electron chi connectivity index (χ0n) is 16.6. The highest BCUT2D eigenvalue weighted by atomic mass is 16.5. The minimum Gasteiger partial charge on any atom is -0.466 e. The first-order chi connectivity index (χ1) is 12.9. The van der Waals surface area contributed by atoms with Gasteiger partial charge in [-0.2, -0.15) is 0 Å². The van der Waals surface area contributed by atoms with Crippen molar-refractivity contribution in [1.82, 2.24) is 9.47 Å². The van der Waals surface area contributed by atoms with Crippen molar-refractivity contribution in [2.75, 3.05) is 26.7 Å². The molecule has 146 valence electrons. The molecule has 1 aromatic heterocycles. The highest BCUT2D eigenvalue weighted by Crippen LogP contribution is 2.35. The number of benzene rings is 1. The second-order valence-electron chi connectivity index (χ2n) is 7.22. The Kier molecular flexibility index (Phi) is 5.85. The molecule has 0 radical (unpaired) electrons. The van der Waals surface area contributed by atoms with Crippen LogP contribution in [0.2, 0.25) is 0 Å². The van der Waals surface area contributed by atoms with Crippen LogP contribution in [0.4, 0.5) is 0 Å². The smallest absolute Gasteiger partial charge is 0.310 e. The number of fused-ring (bicyclic) bond motifs is 1. The summed E-state index contributed by atoms with van der Waals surface area (Å²) >= 11 is 0. The average molecular weight is 372 g/mol. The number of likely N-dealkylation sites (tertiary alicyclic amines) is 1. The molecule has 0 unspecified atom stereocenters. The second-order valence-corrected chi connectivity index (χ2v) is 7.22. The van der Waals surface area contributed by atoms with Crippen molar-refractivity contribution in [1.29, 1.82) is 0 Å². The Morgan fingerprint density at radius 2 is 1.93 bits per heavy atom. The van der Waals surface area contributed by atoms with Gasteiger partial charge in [0.05, 0.1) is 13.0 Å². The van der Waals surface area contributed by atoms with Crippen LogP contribution < -0.4 is 4.74 Å². The molecule has 0 N–H and O–H groups in total. The van der Waals surface area contributed by atoms with Gasteiger partial charge in [0.25, 0.3) is 0 Å². The molecule has 1 aliphatic heterocycles. The van der Waals surface area contributed by atoms with E-state index in [2.05, 4.69) is 23.4 Å². The first-order valence-electron chi connectivity index (χ1n) is 9.56. The van der Waals surface area contributed by atoms with Gasteiger partial charge in [-0.05, 0) is 70.6 Å². The summed E-state index contributed by atoms with van der Waals surface area (Å²) in [6.07, 6.45) is 2.37. The molecule has 0 aliphatic carbocycles. The summed E-state index contributed by atoms with van der Waals surface area (Å²) in [4.78, 5) is 25.9. The van der Waals surface area contributed by atoms with Crippen molar-refractivity contribution in [2.45, 2.75) is 46.1 Å². The topological polar surface area (TPSA) is 60.8 Å². The van der Waals surface area contributed by atoms with Crippen LogP contribution in [0.15, 0.2) is 18.2 Å². The molecule has 0 atom stereocenters. The van der Waals surface area contributed by atoms with Crippen molar-refractivity contribution in [2.24, 2.45) is 0 Å². The van der Waals surface area contributed by atoms with E-state index < -0.39 is 0 Å². The van der Waals surface area contributed by atoms with Gasteiger partial charge in [0, 0.05) is 29.6 Å². The molecule has 3 rings (SSSR count). The molecule has 0 saturated carbocycles. The predicted octanol–water partition coefficient (Wildman–Crippen LogP) is 3.25. The lowest BCUT2D eigenvalue weighted by Crippen LogP contribution is -2.31. The van der Waals surface area contributed by atoms with E-state index >= 15 is 0 Å². The Labute approximate surface area is 160 Å². The third-order valence-electron chi connectivity index (χ3n) is 5.29. The van der Waals surface area contributed by atoms with Crippen molar-refractivity contribution < 1.29 is 19.1 Å². The van der Waals surface area contributed by atoms with Crippen LogP contribution in [-0.2, 0) is 20.7 Å². The van der Waals surface area contributed by atoms with Crippen LogP contribution in [0, 0.1) is 6.92 Å². The van der Waals surface area contributed by atoms with Crippen LogP contribution in [0.3, 0.4) is 0 Å². The maximum absolute atomic E-state index is 12.2. The Hall–Kier alpha value is -2.34. The quantitative estimate of drug-likeness (QED) is 0.596. The van der Waals surface area contributed by atoms with E-state index in [1.807, 2.05) is 25.1 Å². The SMILES string of the molecule is CCOC(=O)Cc1c(C)n(C2CCN(C)CC2)c2ccc(OC(C)=O)cc12. The highest BCUT2D eigenvalue weighted by molar-refractivity contribution is 5.91. The largest absolute Gasteiger partial charge is 0.466 e. The van der Waals surface area contributed by atoms with Gasteiger partial charge in [0.2, 0.25) is 0 Å². The third-order valence-corrected chi connectivity index (χ3v) is 5.29. The number of esters is 2. The number of rotatable bonds is 5. The Morgan fingerprint density at radius 3 is 2.56 bits per heavy atom. The number of aromatic nitrogens is 1. The van der Waals surface area contributed by atoms with Crippen LogP contribution in [0.25, 0.3) is 10.9 Å². The fourth-order valence-electron chi connectivity index (χ4n) is 4.02. The number of ether oxygens (including phenoxy) is 2. The van der Waals surface area contributed by atoms with Gasteiger partial charge < -0.3 is 18.9 Å². The number of piperidine rings is 1. The molecule has 1 aromatic carbocycles. The normalized spacial score (nSPS) is 15.9. The zero-order valence-corrected chi connectivity index (χ0v) is 16.6. The van der Waals surface area contributed by atoms with Gasteiger partial charge in [-0.3, -0.25) is 9.59 Å². The summed E-state index contributed by atoms with van der Waals surface area (Å²) in [6.45, 7) is 7.75. The highest BCUT2D eigenvalue weighted by Gasteiger charge is 2.25. The van der Waals surface area contributed by atoms with E-state index in [-0.39, 0.29) is 18.4 Å². The minimum atomic E-state index is -0.354. The maximum atomic E-state index is 12.2. The lowest BCUT2D eigenvalue weighted by molar-refractivity contribution is -0.142. The monoisotopic (exact) mass is 372 g/mol. The fourth-order valence-corrected chi connectivity index (χ4v) is 4.02. The lowest BCUT2D eigenvalue weighted by atomic mass is 10.0. The van der Waals surface area contributed by atoms with Crippen molar-refractivity contribution in [3.8, 4) is 5.75 Å². The summed E-state index contributed by atoms with van der Waals surface area (Å²) in [7, 11) is 2.15. The van der Waals surface area contributed by atoms with Crippen LogP contribution in [0.5, 0.6) is 5.75 Å². The molecule has 2 heterocycles. The van der Waals surface area contributed by atoms with Crippen LogP contribution >= 0.6 is 0 Å². The van der Waals surface area contributed by atoms with E-state index in [0.29, 0.717) is 18.4 Å². The third kappa shape index (κ3) is 4.16. The van der Waals surface area contributed by atoms with Gasteiger partial charge in [0.15, 0.2) is 0 Å². The van der Waals surface area contributed by atoms with E-state index in [0.717, 1.165) is 48.1 Å². The summed E-state index contributed by atoms with van der Waals surface area (Å²) in [5.74, 6) is -0.0886. The Bertz CT molecular complexity index is 847. The first-order valence-corrected chi connectivity index (χ1v) is 9.56. The first kappa shape index (κ1) is 19.4. The van der Waals surface area contributed by atoms with Gasteiger partial charge in [-0.1, -0.05) is 0 Å². The molecule has 1 saturated heterocycles. The van der Waals surface area contributed by atoms with Crippen molar-refractivity contribution in [3.05, 3.63) is 29.5 Å². The Morgan fingerprint density at radius 1 is 1.22 bits per heavy atom. The number of hydrogen-bond donors (Lipinski definition) is 0. The molecule has 0 bridgehead atoms. The van der Waals surface area contributed by atoms with E-state index in [4.69, 9.17) is 9.47 Å². The predicted molar refractivity (Wildman–Crippen MR) is 104 cm³/mol. The molecule has 6 heteroatoms. The van der Waals surface area contributed by atoms with Crippen LogP contribution in [0.1, 0.15) is 44.0 Å². The summed E-state index contributed by atoms with van der Waals surface area (Å²) < 4.78 is 12.8. The molecule has 27 heavy (non-hydrogen) atoms. The molecular formula is C21H28N2O4. The summed E-state index contributed by atoms with van der Waals surface area (Å²) in [5, 5.41) is 0.957. The second kappa shape index (κ2) is 8.13. The summed E-state index contributed by atoms with van der Waals surface area (Å²) in [6, 6.07) is 6.08. The number of carbonyl (C=O) groups excluding carboxylic acids is 2. The zero-order chi connectivity index (χ0) is 19.6. The number of carbonyl (C=O) groups is 2. The molecular weight excluding hydrogens is 344 g/mol. The standard InChI is InChI=1S/C21H28N2O4/c1-5-26-21(25)13-18-14(2)23(16-8-10-22(4)11-9-16)20-7-6-17(12-19(18)20)27-15(3)24/h6-7,12,16H,5,8-11,13H2,1-4H3. The van der Waals surface area contributed by atoms with Gasteiger partial charge >= 0.3 is 11.9 Å². The van der Waals surface area contributed by atoms with Gasteiger partial charge in [-0.25, -0.2) is 0 Å². The number of nitrogens with zero attached hydrogens (tertiary/aromatic N) is 2. The van der Waals surface area contributed by atoms with Crippen molar-refractivity contribution >= 4 is 22.8 Å². The maximum Gasteiger partial charge on any atom is 0.310 e.